The smallest absolute Gasteiger partial charge is 0.241 e. The summed E-state index contributed by atoms with van der Waals surface area (Å²) in [5.41, 5.74) is 5.52. The van der Waals surface area contributed by atoms with Gasteiger partial charge < -0.3 is 15.8 Å². The third-order valence-corrected chi connectivity index (χ3v) is 5.84. The Morgan fingerprint density at radius 1 is 1.32 bits per heavy atom. The molecule has 3 aliphatic rings. The van der Waals surface area contributed by atoms with Gasteiger partial charge in [-0.15, -0.1) is 0 Å². The Bertz CT molecular complexity index is 378. The minimum Gasteiger partial charge on any atom is -0.377 e. The number of nitrogens with one attached hydrogen (secondary N) is 1. The molecule has 0 aromatic carbocycles. The van der Waals surface area contributed by atoms with E-state index >= 15 is 0 Å². The Morgan fingerprint density at radius 3 is 2.68 bits per heavy atom. The van der Waals surface area contributed by atoms with Crippen LogP contribution in [0.3, 0.4) is 0 Å². The highest BCUT2D eigenvalue weighted by Crippen LogP contribution is 2.57. The molecule has 19 heavy (non-hydrogen) atoms. The van der Waals surface area contributed by atoms with E-state index in [1.165, 1.54) is 19.3 Å². The molecule has 0 aromatic heterocycles. The maximum atomic E-state index is 12.6. The molecule has 3 fully saturated rings. The van der Waals surface area contributed by atoms with Crippen molar-refractivity contribution in [3.63, 3.8) is 0 Å². The Labute approximate surface area is 115 Å². The van der Waals surface area contributed by atoms with Gasteiger partial charge >= 0.3 is 0 Å². The lowest BCUT2D eigenvalue weighted by molar-refractivity contribution is -0.225. The van der Waals surface area contributed by atoms with Gasteiger partial charge in [0.05, 0.1) is 6.10 Å². The second-order valence-electron chi connectivity index (χ2n) is 7.14. The number of ether oxygens (including phenoxy) is 1. The van der Waals surface area contributed by atoms with Crippen molar-refractivity contribution in [2.45, 2.75) is 57.6 Å². The molecule has 1 saturated heterocycles. The Kier molecular flexibility index (Phi) is 3.13. The summed E-state index contributed by atoms with van der Waals surface area (Å²) in [7, 11) is 0. The minimum atomic E-state index is -0.748. The molecule has 2 saturated carbocycles. The molecule has 0 radical (unpaired) electrons. The number of fused-ring (bicyclic) bond motifs is 1. The van der Waals surface area contributed by atoms with E-state index in [0.717, 1.165) is 26.0 Å². The van der Waals surface area contributed by atoms with Crippen molar-refractivity contribution in [3.8, 4) is 0 Å². The standard InChI is InChI=1S/C15H26N2O2/c1-14(2)12-11(7-4-8-19-12)15(14,16)13(18)17-9-10-5-3-6-10/h10-12H,3-9,16H2,1-2H3,(H,17,18). The van der Waals surface area contributed by atoms with E-state index in [2.05, 4.69) is 19.2 Å². The normalized spacial score (nSPS) is 40.8. The zero-order valence-electron chi connectivity index (χ0n) is 12.1. The molecule has 3 rings (SSSR count). The fourth-order valence-electron chi connectivity index (χ4n) is 4.12. The molecule has 3 N–H and O–H groups in total. The van der Waals surface area contributed by atoms with Crippen LogP contribution in [0.5, 0.6) is 0 Å². The summed E-state index contributed by atoms with van der Waals surface area (Å²) < 4.78 is 5.84. The van der Waals surface area contributed by atoms with E-state index in [1.807, 2.05) is 0 Å². The van der Waals surface area contributed by atoms with E-state index in [0.29, 0.717) is 5.92 Å². The van der Waals surface area contributed by atoms with E-state index in [1.54, 1.807) is 0 Å². The number of amides is 1. The van der Waals surface area contributed by atoms with Crippen LogP contribution >= 0.6 is 0 Å². The molecule has 1 heterocycles. The number of carbonyl (C=O) groups is 1. The zero-order valence-corrected chi connectivity index (χ0v) is 12.1. The summed E-state index contributed by atoms with van der Waals surface area (Å²) in [6.45, 7) is 5.75. The van der Waals surface area contributed by atoms with Crippen molar-refractivity contribution >= 4 is 5.91 Å². The van der Waals surface area contributed by atoms with Gasteiger partial charge in [-0.3, -0.25) is 4.79 Å². The largest absolute Gasteiger partial charge is 0.377 e. The van der Waals surface area contributed by atoms with Gasteiger partial charge in [0.2, 0.25) is 5.91 Å². The highest BCUT2D eigenvalue weighted by molar-refractivity contribution is 5.89. The lowest BCUT2D eigenvalue weighted by atomic mass is 9.46. The number of hydrogen-bond donors (Lipinski definition) is 2. The van der Waals surface area contributed by atoms with Gasteiger partial charge in [-0.1, -0.05) is 20.3 Å². The van der Waals surface area contributed by atoms with Crippen LogP contribution < -0.4 is 11.1 Å². The quantitative estimate of drug-likeness (QED) is 0.812. The Hall–Kier alpha value is -0.610. The minimum absolute atomic E-state index is 0.0381. The van der Waals surface area contributed by atoms with E-state index in [4.69, 9.17) is 10.5 Å². The summed E-state index contributed by atoms with van der Waals surface area (Å²) >= 11 is 0. The average molecular weight is 266 g/mol. The van der Waals surface area contributed by atoms with Gasteiger partial charge in [0, 0.05) is 24.5 Å². The highest BCUT2D eigenvalue weighted by atomic mass is 16.5. The van der Waals surface area contributed by atoms with Gasteiger partial charge in [0.1, 0.15) is 5.54 Å². The average Bonchev–Trinajstić information content (AvgIpc) is 2.35. The molecule has 4 heteroatoms. The topological polar surface area (TPSA) is 64.3 Å². The first-order valence-electron chi connectivity index (χ1n) is 7.66. The molecule has 0 aromatic rings. The first-order chi connectivity index (χ1) is 8.98. The Morgan fingerprint density at radius 2 is 2.05 bits per heavy atom. The molecule has 3 unspecified atom stereocenters. The summed E-state index contributed by atoms with van der Waals surface area (Å²) in [5.74, 6) is 0.905. The summed E-state index contributed by atoms with van der Waals surface area (Å²) in [6.07, 6.45) is 5.99. The fourth-order valence-corrected chi connectivity index (χ4v) is 4.12. The van der Waals surface area contributed by atoms with Gasteiger partial charge in [0.15, 0.2) is 0 Å². The lowest BCUT2D eigenvalue weighted by Gasteiger charge is -2.65. The predicted molar refractivity (Wildman–Crippen MR) is 73.5 cm³/mol. The van der Waals surface area contributed by atoms with Crippen LogP contribution in [0.2, 0.25) is 0 Å². The predicted octanol–water partition coefficient (Wildman–Crippen LogP) is 1.44. The molecule has 1 amide bonds. The van der Waals surface area contributed by atoms with Crippen LogP contribution in [0.4, 0.5) is 0 Å². The van der Waals surface area contributed by atoms with Crippen LogP contribution in [0.25, 0.3) is 0 Å². The number of carbonyl (C=O) groups excluding carboxylic acids is 1. The number of rotatable bonds is 3. The van der Waals surface area contributed by atoms with Crippen LogP contribution in [0, 0.1) is 17.3 Å². The van der Waals surface area contributed by atoms with Crippen molar-refractivity contribution in [3.05, 3.63) is 0 Å². The maximum Gasteiger partial charge on any atom is 0.241 e. The SMILES string of the molecule is CC1(C)C2OCCCC2C1(N)C(=O)NCC1CCC1. The van der Waals surface area contributed by atoms with Gasteiger partial charge in [-0.2, -0.15) is 0 Å². The third kappa shape index (κ3) is 1.76. The molecular weight excluding hydrogens is 240 g/mol. The second kappa shape index (κ2) is 4.45. The van der Waals surface area contributed by atoms with E-state index in [9.17, 15) is 4.79 Å². The fraction of sp³-hybridized carbons (Fsp3) is 0.933. The molecule has 2 aliphatic carbocycles. The number of hydrogen-bond acceptors (Lipinski definition) is 3. The van der Waals surface area contributed by atoms with Crippen LogP contribution in [-0.2, 0) is 9.53 Å². The Balaban J connectivity index is 1.67. The molecule has 0 bridgehead atoms. The number of nitrogens with two attached hydrogens (primary N) is 1. The van der Waals surface area contributed by atoms with E-state index in [-0.39, 0.29) is 23.3 Å². The van der Waals surface area contributed by atoms with E-state index < -0.39 is 5.54 Å². The molecule has 0 spiro atoms. The summed E-state index contributed by atoms with van der Waals surface area (Å²) in [4.78, 5) is 12.6. The van der Waals surface area contributed by atoms with Crippen molar-refractivity contribution < 1.29 is 9.53 Å². The maximum absolute atomic E-state index is 12.6. The summed E-state index contributed by atoms with van der Waals surface area (Å²) in [6, 6.07) is 0. The van der Waals surface area contributed by atoms with Crippen molar-refractivity contribution in [1.29, 1.82) is 0 Å². The monoisotopic (exact) mass is 266 g/mol. The molecule has 3 atom stereocenters. The van der Waals surface area contributed by atoms with Crippen molar-refractivity contribution in [2.75, 3.05) is 13.2 Å². The molecular formula is C15H26N2O2. The molecule has 4 nitrogen and oxygen atoms in total. The third-order valence-electron chi connectivity index (χ3n) is 5.84. The van der Waals surface area contributed by atoms with Crippen LogP contribution in [0.1, 0.15) is 46.0 Å². The molecule has 1 aliphatic heterocycles. The van der Waals surface area contributed by atoms with Gasteiger partial charge in [0.25, 0.3) is 0 Å². The second-order valence-corrected chi connectivity index (χ2v) is 7.14. The first-order valence-corrected chi connectivity index (χ1v) is 7.66. The van der Waals surface area contributed by atoms with Gasteiger partial charge in [-0.05, 0) is 31.6 Å². The lowest BCUT2D eigenvalue weighted by Crippen LogP contribution is -2.82. The van der Waals surface area contributed by atoms with Crippen LogP contribution in [-0.4, -0.2) is 30.7 Å². The van der Waals surface area contributed by atoms with Gasteiger partial charge in [-0.25, -0.2) is 0 Å². The zero-order chi connectivity index (χ0) is 13.7. The van der Waals surface area contributed by atoms with Crippen molar-refractivity contribution in [2.24, 2.45) is 23.0 Å². The van der Waals surface area contributed by atoms with Crippen molar-refractivity contribution in [1.82, 2.24) is 5.32 Å². The highest BCUT2D eigenvalue weighted by Gasteiger charge is 2.70. The molecule has 108 valence electrons. The first kappa shape index (κ1) is 13.4. The van der Waals surface area contributed by atoms with Crippen LogP contribution in [0.15, 0.2) is 0 Å². The summed E-state index contributed by atoms with van der Waals surface area (Å²) in [5, 5.41) is 3.10.